The summed E-state index contributed by atoms with van der Waals surface area (Å²) in [6, 6.07) is 4.65. The van der Waals surface area contributed by atoms with E-state index in [1.807, 2.05) is 0 Å². The van der Waals surface area contributed by atoms with E-state index < -0.39 is 10.0 Å². The zero-order chi connectivity index (χ0) is 19.4. The molecular weight excluding hydrogens is 370 g/mol. The van der Waals surface area contributed by atoms with E-state index in [1.54, 1.807) is 12.1 Å². The Morgan fingerprint density at radius 2 is 2.15 bits per heavy atom. The van der Waals surface area contributed by atoms with Gasteiger partial charge in [-0.2, -0.15) is 4.31 Å². The molecule has 27 heavy (non-hydrogen) atoms. The Labute approximate surface area is 159 Å². The molecule has 2 aliphatic heterocycles. The van der Waals surface area contributed by atoms with E-state index >= 15 is 0 Å². The molecule has 0 saturated carbocycles. The van der Waals surface area contributed by atoms with Gasteiger partial charge in [0.05, 0.1) is 17.5 Å². The maximum absolute atomic E-state index is 12.8. The number of likely N-dealkylation sites (N-methyl/N-ethyl adjacent to an activating group) is 1. The number of hydrogen-bond donors (Lipinski definition) is 2. The monoisotopic (exact) mass is 395 g/mol. The molecule has 3 rings (SSSR count). The van der Waals surface area contributed by atoms with Gasteiger partial charge in [0, 0.05) is 32.3 Å². The molecule has 1 fully saturated rings. The smallest absolute Gasteiger partial charge is 0.243 e. The van der Waals surface area contributed by atoms with Gasteiger partial charge in [-0.15, -0.1) is 0 Å². The van der Waals surface area contributed by atoms with Crippen molar-refractivity contribution in [2.24, 2.45) is 0 Å². The van der Waals surface area contributed by atoms with E-state index in [0.717, 1.165) is 22.7 Å². The predicted octanol–water partition coefficient (Wildman–Crippen LogP) is 0.877. The van der Waals surface area contributed by atoms with Crippen molar-refractivity contribution in [3.63, 3.8) is 0 Å². The van der Waals surface area contributed by atoms with Crippen LogP contribution in [0.1, 0.15) is 31.2 Å². The lowest BCUT2D eigenvalue weighted by Gasteiger charge is -2.19. The van der Waals surface area contributed by atoms with E-state index in [1.165, 1.54) is 13.1 Å². The quantitative estimate of drug-likeness (QED) is 0.744. The number of rotatable bonds is 6. The minimum absolute atomic E-state index is 0.00987. The summed E-state index contributed by atoms with van der Waals surface area (Å²) >= 11 is 0. The Bertz CT molecular complexity index is 818. The summed E-state index contributed by atoms with van der Waals surface area (Å²) in [5.41, 5.74) is 1.44. The summed E-state index contributed by atoms with van der Waals surface area (Å²) in [5.74, 6) is -0.428. The highest BCUT2D eigenvalue weighted by atomic mass is 32.2. The lowest BCUT2D eigenvalue weighted by atomic mass is 10.1. The maximum Gasteiger partial charge on any atom is 0.243 e. The standard InChI is InChI=1S/C18H25N3O5S/c1-21(12-18(23)19-11-14-5-3-9-26-14)27(24,25)15-7-8-16-13(10-15)4-2-6-17(22)20-16/h7-8,10,14H,2-6,9,11-12H2,1H3,(H,19,23)(H,20,22). The molecule has 2 aliphatic rings. The van der Waals surface area contributed by atoms with Crippen LogP contribution in [0.4, 0.5) is 5.69 Å². The molecule has 1 aromatic rings. The molecule has 0 aromatic heterocycles. The number of nitrogens with zero attached hydrogens (tertiary/aromatic N) is 1. The number of ether oxygens (including phenoxy) is 1. The molecule has 2 N–H and O–H groups in total. The van der Waals surface area contributed by atoms with E-state index in [0.29, 0.717) is 38.1 Å². The zero-order valence-corrected chi connectivity index (χ0v) is 16.2. The van der Waals surface area contributed by atoms with E-state index in [9.17, 15) is 18.0 Å². The van der Waals surface area contributed by atoms with Crippen molar-refractivity contribution in [2.75, 3.05) is 32.1 Å². The van der Waals surface area contributed by atoms with Crippen molar-refractivity contribution >= 4 is 27.5 Å². The lowest BCUT2D eigenvalue weighted by Crippen LogP contribution is -2.40. The summed E-state index contributed by atoms with van der Waals surface area (Å²) in [6.07, 6.45) is 3.61. The molecule has 0 radical (unpaired) electrons. The number of carbonyl (C=O) groups is 2. The Morgan fingerprint density at radius 1 is 1.33 bits per heavy atom. The fraction of sp³-hybridized carbons (Fsp3) is 0.556. The number of sulfonamides is 1. The molecule has 1 aromatic carbocycles. The number of amides is 2. The second-order valence-corrected chi connectivity index (χ2v) is 8.97. The number of benzene rings is 1. The van der Waals surface area contributed by atoms with Crippen LogP contribution in [0.2, 0.25) is 0 Å². The second-order valence-electron chi connectivity index (χ2n) is 6.92. The predicted molar refractivity (Wildman–Crippen MR) is 99.8 cm³/mol. The number of fused-ring (bicyclic) bond motifs is 1. The molecule has 0 aliphatic carbocycles. The van der Waals surface area contributed by atoms with Gasteiger partial charge in [-0.05, 0) is 49.4 Å². The van der Waals surface area contributed by atoms with Crippen LogP contribution in [0.3, 0.4) is 0 Å². The molecule has 0 bridgehead atoms. The normalized spacial score (nSPS) is 20.1. The van der Waals surface area contributed by atoms with Crippen LogP contribution < -0.4 is 10.6 Å². The highest BCUT2D eigenvalue weighted by molar-refractivity contribution is 7.89. The zero-order valence-electron chi connectivity index (χ0n) is 15.4. The van der Waals surface area contributed by atoms with Gasteiger partial charge in [-0.25, -0.2) is 8.42 Å². The van der Waals surface area contributed by atoms with Crippen LogP contribution in [0.15, 0.2) is 23.1 Å². The van der Waals surface area contributed by atoms with Gasteiger partial charge in [0.15, 0.2) is 0 Å². The SMILES string of the molecule is CN(CC(=O)NCC1CCCO1)S(=O)(=O)c1ccc2c(c1)CCCC(=O)N2. The van der Waals surface area contributed by atoms with Crippen molar-refractivity contribution in [2.45, 2.75) is 43.1 Å². The highest BCUT2D eigenvalue weighted by Gasteiger charge is 2.25. The van der Waals surface area contributed by atoms with E-state index in [-0.39, 0.29) is 29.4 Å². The number of aryl methyl sites for hydroxylation is 1. The second kappa shape index (κ2) is 8.37. The maximum atomic E-state index is 12.8. The summed E-state index contributed by atoms with van der Waals surface area (Å²) < 4.78 is 32.1. The van der Waals surface area contributed by atoms with Crippen molar-refractivity contribution in [3.05, 3.63) is 23.8 Å². The topological polar surface area (TPSA) is 105 Å². The summed E-state index contributed by atoms with van der Waals surface area (Å²) in [4.78, 5) is 23.8. The largest absolute Gasteiger partial charge is 0.376 e. The Balaban J connectivity index is 1.65. The first kappa shape index (κ1) is 19.8. The Hall–Kier alpha value is -1.97. The van der Waals surface area contributed by atoms with Crippen LogP contribution in [-0.4, -0.2) is 57.4 Å². The van der Waals surface area contributed by atoms with Crippen molar-refractivity contribution < 1.29 is 22.7 Å². The number of carbonyl (C=O) groups excluding carboxylic acids is 2. The molecule has 1 saturated heterocycles. The number of anilines is 1. The first-order valence-electron chi connectivity index (χ1n) is 9.13. The molecule has 9 heteroatoms. The molecule has 8 nitrogen and oxygen atoms in total. The average molecular weight is 395 g/mol. The minimum atomic E-state index is -3.80. The molecule has 1 atom stereocenters. The molecule has 0 spiro atoms. The molecule has 2 heterocycles. The number of nitrogens with one attached hydrogen (secondary N) is 2. The van der Waals surface area contributed by atoms with Gasteiger partial charge >= 0.3 is 0 Å². The van der Waals surface area contributed by atoms with Gasteiger partial charge < -0.3 is 15.4 Å². The third kappa shape index (κ3) is 4.85. The van der Waals surface area contributed by atoms with Crippen LogP contribution in [-0.2, 0) is 30.8 Å². The van der Waals surface area contributed by atoms with Crippen LogP contribution >= 0.6 is 0 Å². The molecule has 1 unspecified atom stereocenters. The van der Waals surface area contributed by atoms with E-state index in [4.69, 9.17) is 4.74 Å². The van der Waals surface area contributed by atoms with Crippen molar-refractivity contribution in [1.29, 1.82) is 0 Å². The minimum Gasteiger partial charge on any atom is -0.376 e. The summed E-state index contributed by atoms with van der Waals surface area (Å²) in [7, 11) is -2.42. The fourth-order valence-corrected chi connectivity index (χ4v) is 4.45. The number of hydrogen-bond acceptors (Lipinski definition) is 5. The molecule has 2 amide bonds. The first-order chi connectivity index (χ1) is 12.9. The van der Waals surface area contributed by atoms with Crippen LogP contribution in [0.25, 0.3) is 0 Å². The third-order valence-electron chi connectivity index (χ3n) is 4.83. The molecular formula is C18H25N3O5S. The first-order valence-corrected chi connectivity index (χ1v) is 10.6. The van der Waals surface area contributed by atoms with Gasteiger partial charge in [-0.1, -0.05) is 0 Å². The van der Waals surface area contributed by atoms with Crippen molar-refractivity contribution in [1.82, 2.24) is 9.62 Å². The third-order valence-corrected chi connectivity index (χ3v) is 6.63. The Morgan fingerprint density at radius 3 is 2.89 bits per heavy atom. The van der Waals surface area contributed by atoms with Crippen LogP contribution in [0, 0.1) is 0 Å². The van der Waals surface area contributed by atoms with Crippen molar-refractivity contribution in [3.8, 4) is 0 Å². The van der Waals surface area contributed by atoms with Gasteiger partial charge in [-0.3, -0.25) is 9.59 Å². The molecule has 148 valence electrons. The summed E-state index contributed by atoms with van der Waals surface area (Å²) in [6.45, 7) is 0.835. The summed E-state index contributed by atoms with van der Waals surface area (Å²) in [5, 5.41) is 5.51. The average Bonchev–Trinajstić information content (AvgIpc) is 3.07. The van der Waals surface area contributed by atoms with Crippen LogP contribution in [0.5, 0.6) is 0 Å². The highest BCUT2D eigenvalue weighted by Crippen LogP contribution is 2.26. The van der Waals surface area contributed by atoms with E-state index in [2.05, 4.69) is 10.6 Å². The fourth-order valence-electron chi connectivity index (χ4n) is 3.27. The van der Waals surface area contributed by atoms with Gasteiger partial charge in [0.25, 0.3) is 0 Å². The van der Waals surface area contributed by atoms with Gasteiger partial charge in [0.2, 0.25) is 21.8 Å². The lowest BCUT2D eigenvalue weighted by molar-refractivity contribution is -0.121. The Kier molecular flexibility index (Phi) is 6.13. The van der Waals surface area contributed by atoms with Gasteiger partial charge in [0.1, 0.15) is 0 Å².